The smallest absolute Gasteiger partial charge is 0.255 e. The molecule has 0 atom stereocenters. The molecule has 1 saturated heterocycles. The van der Waals surface area contributed by atoms with Crippen molar-refractivity contribution in [2.24, 2.45) is 0 Å². The minimum atomic E-state index is 0. The molecular weight excluding hydrogens is 331 g/mol. The van der Waals surface area contributed by atoms with E-state index in [1.807, 2.05) is 4.90 Å². The van der Waals surface area contributed by atoms with E-state index < -0.39 is 0 Å². The minimum absolute atomic E-state index is 0. The lowest BCUT2D eigenvalue weighted by Crippen LogP contribution is -2.46. The van der Waals surface area contributed by atoms with Crippen LogP contribution in [0.2, 0.25) is 10.0 Å². The van der Waals surface area contributed by atoms with Crippen LogP contribution in [0.3, 0.4) is 0 Å². The molecule has 0 radical (unpaired) electrons. The fourth-order valence-corrected chi connectivity index (χ4v) is 3.12. The Kier molecular flexibility index (Phi) is 7.82. The Balaban J connectivity index is 0.00000220. The predicted molar refractivity (Wildman–Crippen MR) is 90.9 cm³/mol. The van der Waals surface area contributed by atoms with Crippen LogP contribution in [0.15, 0.2) is 18.2 Å². The van der Waals surface area contributed by atoms with Gasteiger partial charge in [-0.15, -0.1) is 12.4 Å². The molecule has 1 aliphatic rings. The number of benzene rings is 1. The van der Waals surface area contributed by atoms with Gasteiger partial charge in [0.15, 0.2) is 0 Å². The van der Waals surface area contributed by atoms with E-state index in [2.05, 4.69) is 12.2 Å². The summed E-state index contributed by atoms with van der Waals surface area (Å²) in [4.78, 5) is 14.7. The fourth-order valence-electron chi connectivity index (χ4n) is 2.63. The van der Waals surface area contributed by atoms with Gasteiger partial charge in [0, 0.05) is 17.6 Å². The van der Waals surface area contributed by atoms with Gasteiger partial charge in [0.05, 0.1) is 10.6 Å². The maximum absolute atomic E-state index is 12.7. The lowest BCUT2D eigenvalue weighted by atomic mass is 10.0. The molecule has 3 nitrogen and oxygen atoms in total. The van der Waals surface area contributed by atoms with Gasteiger partial charge in [0.1, 0.15) is 0 Å². The summed E-state index contributed by atoms with van der Waals surface area (Å²) in [5, 5.41) is 4.31. The number of hydrogen-bond donors (Lipinski definition) is 1. The highest BCUT2D eigenvalue weighted by Crippen LogP contribution is 2.24. The van der Waals surface area contributed by atoms with Crippen LogP contribution in [0.4, 0.5) is 0 Å². The van der Waals surface area contributed by atoms with Gasteiger partial charge in [-0.2, -0.15) is 0 Å². The second-order valence-corrected chi connectivity index (χ2v) is 5.95. The Morgan fingerprint density at radius 2 is 2.00 bits per heavy atom. The molecule has 0 spiro atoms. The normalized spacial score (nSPS) is 15.4. The molecule has 1 aliphatic heterocycles. The number of nitrogens with zero attached hydrogens (tertiary/aromatic N) is 1. The van der Waals surface area contributed by atoms with Crippen LogP contribution in [0.25, 0.3) is 0 Å². The lowest BCUT2D eigenvalue weighted by molar-refractivity contribution is 0.0643. The summed E-state index contributed by atoms with van der Waals surface area (Å²) in [5.41, 5.74) is 0.544. The quantitative estimate of drug-likeness (QED) is 0.888. The highest BCUT2D eigenvalue weighted by molar-refractivity contribution is 6.36. The van der Waals surface area contributed by atoms with Crippen molar-refractivity contribution in [3.05, 3.63) is 33.8 Å². The zero-order valence-electron chi connectivity index (χ0n) is 12.1. The average molecular weight is 352 g/mol. The first-order valence-corrected chi connectivity index (χ1v) is 7.85. The molecule has 118 valence electrons. The van der Waals surface area contributed by atoms with E-state index >= 15 is 0 Å². The first-order chi connectivity index (χ1) is 9.63. The summed E-state index contributed by atoms with van der Waals surface area (Å²) in [7, 11) is 0. The Bertz CT molecular complexity index is 476. The minimum Gasteiger partial charge on any atom is -0.336 e. The van der Waals surface area contributed by atoms with Crippen LogP contribution in [0.5, 0.6) is 0 Å². The molecule has 6 heteroatoms. The van der Waals surface area contributed by atoms with Gasteiger partial charge in [-0.25, -0.2) is 0 Å². The largest absolute Gasteiger partial charge is 0.336 e. The summed E-state index contributed by atoms with van der Waals surface area (Å²) >= 11 is 12.1. The lowest BCUT2D eigenvalue weighted by Gasteiger charge is -2.34. The Morgan fingerprint density at radius 1 is 1.33 bits per heavy atom. The van der Waals surface area contributed by atoms with Crippen molar-refractivity contribution in [1.29, 1.82) is 0 Å². The molecule has 0 bridgehead atoms. The van der Waals surface area contributed by atoms with E-state index in [0.717, 1.165) is 38.9 Å². The average Bonchev–Trinajstić information content (AvgIpc) is 2.45. The maximum Gasteiger partial charge on any atom is 0.255 e. The van der Waals surface area contributed by atoms with Crippen molar-refractivity contribution in [3.63, 3.8) is 0 Å². The van der Waals surface area contributed by atoms with E-state index in [0.29, 0.717) is 21.7 Å². The number of carbonyl (C=O) groups excluding carboxylic acids is 1. The molecule has 2 rings (SSSR count). The highest BCUT2D eigenvalue weighted by atomic mass is 35.5. The van der Waals surface area contributed by atoms with Gasteiger partial charge in [-0.3, -0.25) is 4.79 Å². The second-order valence-electron chi connectivity index (χ2n) is 5.10. The van der Waals surface area contributed by atoms with Crippen LogP contribution in [-0.4, -0.2) is 36.5 Å². The van der Waals surface area contributed by atoms with Crippen LogP contribution in [-0.2, 0) is 0 Å². The molecule has 1 N–H and O–H groups in total. The van der Waals surface area contributed by atoms with Crippen molar-refractivity contribution < 1.29 is 4.79 Å². The predicted octanol–water partition coefficient (Wildman–Crippen LogP) is 4.02. The Labute approximate surface area is 142 Å². The van der Waals surface area contributed by atoms with E-state index in [-0.39, 0.29) is 18.3 Å². The number of piperidine rings is 1. The zero-order valence-corrected chi connectivity index (χ0v) is 14.4. The maximum atomic E-state index is 12.7. The van der Waals surface area contributed by atoms with Gasteiger partial charge in [0.2, 0.25) is 0 Å². The van der Waals surface area contributed by atoms with Crippen molar-refractivity contribution in [3.8, 4) is 0 Å². The molecule has 0 aliphatic carbocycles. The molecule has 0 saturated carbocycles. The third-order valence-corrected chi connectivity index (χ3v) is 4.18. The molecule has 1 aromatic rings. The third-order valence-electron chi connectivity index (χ3n) is 3.64. The summed E-state index contributed by atoms with van der Waals surface area (Å²) in [6.45, 7) is 4.78. The van der Waals surface area contributed by atoms with Crippen molar-refractivity contribution in [2.45, 2.75) is 32.2 Å². The van der Waals surface area contributed by atoms with Crippen LogP contribution < -0.4 is 5.32 Å². The van der Waals surface area contributed by atoms with Gasteiger partial charge in [-0.05, 0) is 50.6 Å². The number of hydrogen-bond acceptors (Lipinski definition) is 2. The van der Waals surface area contributed by atoms with Crippen LogP contribution in [0.1, 0.15) is 36.5 Å². The second kappa shape index (κ2) is 8.84. The van der Waals surface area contributed by atoms with Crippen molar-refractivity contribution in [2.75, 3.05) is 19.6 Å². The standard InChI is InChI=1S/C15H20Cl2N2O.ClH/c1-2-9-19(12-5-7-18-8-6-12)15(20)13-4-3-11(16)10-14(13)17;/h3-4,10,12,18H,2,5-9H2,1H3;1H. The van der Waals surface area contributed by atoms with Gasteiger partial charge >= 0.3 is 0 Å². The molecule has 1 heterocycles. The van der Waals surface area contributed by atoms with E-state index in [4.69, 9.17) is 23.2 Å². The Morgan fingerprint density at radius 3 is 2.57 bits per heavy atom. The number of nitrogens with one attached hydrogen (secondary N) is 1. The third kappa shape index (κ3) is 4.75. The molecule has 1 fully saturated rings. The van der Waals surface area contributed by atoms with E-state index in [9.17, 15) is 4.79 Å². The molecule has 0 aromatic heterocycles. The van der Waals surface area contributed by atoms with Gasteiger partial charge < -0.3 is 10.2 Å². The monoisotopic (exact) mass is 350 g/mol. The first-order valence-electron chi connectivity index (χ1n) is 7.10. The van der Waals surface area contributed by atoms with Crippen molar-refractivity contribution in [1.82, 2.24) is 10.2 Å². The summed E-state index contributed by atoms with van der Waals surface area (Å²) < 4.78 is 0. The van der Waals surface area contributed by atoms with E-state index in [1.54, 1.807) is 18.2 Å². The molecule has 21 heavy (non-hydrogen) atoms. The molecule has 1 amide bonds. The van der Waals surface area contributed by atoms with Gasteiger partial charge in [0.25, 0.3) is 5.91 Å². The van der Waals surface area contributed by atoms with E-state index in [1.165, 1.54) is 0 Å². The highest BCUT2D eigenvalue weighted by Gasteiger charge is 2.26. The summed E-state index contributed by atoms with van der Waals surface area (Å²) in [5.74, 6) is 0.0143. The molecule has 1 aromatic carbocycles. The Hall–Kier alpha value is -0.480. The number of rotatable bonds is 4. The van der Waals surface area contributed by atoms with Crippen LogP contribution >= 0.6 is 35.6 Å². The summed E-state index contributed by atoms with van der Waals surface area (Å²) in [6.07, 6.45) is 2.94. The topological polar surface area (TPSA) is 32.3 Å². The fraction of sp³-hybridized carbons (Fsp3) is 0.533. The van der Waals surface area contributed by atoms with Gasteiger partial charge in [-0.1, -0.05) is 30.1 Å². The number of amides is 1. The summed E-state index contributed by atoms with van der Waals surface area (Å²) in [6, 6.07) is 5.36. The van der Waals surface area contributed by atoms with Crippen LogP contribution in [0, 0.1) is 0 Å². The SMILES string of the molecule is CCCN(C(=O)c1ccc(Cl)cc1Cl)C1CCNCC1.Cl. The molecule has 0 unspecified atom stereocenters. The first kappa shape index (κ1) is 18.6. The van der Waals surface area contributed by atoms with Crippen molar-refractivity contribution >= 4 is 41.5 Å². The number of halogens is 3. The zero-order chi connectivity index (χ0) is 14.5. The molecular formula is C15H21Cl3N2O. The number of carbonyl (C=O) groups is 1.